The van der Waals surface area contributed by atoms with Crippen LogP contribution in [0.2, 0.25) is 0 Å². The molecule has 4 heteroatoms. The Morgan fingerprint density at radius 1 is 1.33 bits per heavy atom. The fourth-order valence-corrected chi connectivity index (χ4v) is 3.17. The summed E-state index contributed by atoms with van der Waals surface area (Å²) in [4.78, 5) is 1.88. The predicted molar refractivity (Wildman–Crippen MR) is 64.6 cm³/mol. The molecule has 0 radical (unpaired) electrons. The number of alkyl halides is 2. The van der Waals surface area contributed by atoms with Crippen LogP contribution < -0.4 is 0 Å². The van der Waals surface area contributed by atoms with Crippen LogP contribution in [0, 0.1) is 0 Å². The summed E-state index contributed by atoms with van der Waals surface area (Å²) in [5.74, 6) is 0. The molecule has 2 aliphatic heterocycles. The van der Waals surface area contributed by atoms with Gasteiger partial charge in [-0.15, -0.1) is 0 Å². The van der Waals surface area contributed by atoms with Gasteiger partial charge in [-0.2, -0.15) is 0 Å². The van der Waals surface area contributed by atoms with Crippen LogP contribution in [0.25, 0.3) is 0 Å². The molecule has 0 aromatic heterocycles. The lowest BCUT2D eigenvalue weighted by Crippen LogP contribution is -2.49. The van der Waals surface area contributed by atoms with E-state index in [9.17, 15) is 8.78 Å². The number of nitrogens with zero attached hydrogens (tertiary/aromatic N) is 1. The first-order chi connectivity index (χ1) is 8.72. The summed E-state index contributed by atoms with van der Waals surface area (Å²) in [5.41, 5.74) is -0.109. The lowest BCUT2D eigenvalue weighted by molar-refractivity contribution is -0.160. The average molecular weight is 253 g/mol. The molecule has 0 bridgehead atoms. The summed E-state index contributed by atoms with van der Waals surface area (Å²) in [7, 11) is 0. The summed E-state index contributed by atoms with van der Waals surface area (Å²) in [5, 5.41) is 0. The van der Waals surface area contributed by atoms with Gasteiger partial charge < -0.3 is 4.74 Å². The third-order valence-electron chi connectivity index (χ3n) is 4.04. The fraction of sp³-hybridized carbons (Fsp3) is 0.571. The normalized spacial score (nSPS) is 32.1. The van der Waals surface area contributed by atoms with E-state index in [1.165, 1.54) is 5.56 Å². The van der Waals surface area contributed by atoms with Gasteiger partial charge in [-0.05, 0) is 24.8 Å². The van der Waals surface area contributed by atoms with Crippen molar-refractivity contribution in [2.45, 2.75) is 37.5 Å². The molecule has 0 saturated carbocycles. The van der Waals surface area contributed by atoms with Gasteiger partial charge in [-0.25, -0.2) is 8.78 Å². The topological polar surface area (TPSA) is 12.5 Å². The maximum absolute atomic E-state index is 13.2. The van der Waals surface area contributed by atoms with E-state index in [4.69, 9.17) is 4.74 Å². The number of fused-ring (bicyclic) bond motifs is 1. The lowest BCUT2D eigenvalue weighted by Gasteiger charge is -2.32. The van der Waals surface area contributed by atoms with E-state index in [1.807, 2.05) is 35.2 Å². The summed E-state index contributed by atoms with van der Waals surface area (Å²) in [6.07, 6.45) is -0.373. The minimum absolute atomic E-state index is 0.0869. The Bertz CT molecular complexity index is 412. The summed E-state index contributed by atoms with van der Waals surface area (Å²) >= 11 is 0. The largest absolute Gasteiger partial charge is 0.353 e. The van der Waals surface area contributed by atoms with Crippen molar-refractivity contribution in [2.24, 2.45) is 0 Å². The molecular formula is C14H17F2NO. The van der Waals surface area contributed by atoms with E-state index in [0.717, 1.165) is 19.4 Å². The zero-order chi connectivity index (χ0) is 12.6. The second-order valence-electron chi connectivity index (χ2n) is 5.10. The molecule has 98 valence electrons. The van der Waals surface area contributed by atoms with Gasteiger partial charge in [0.1, 0.15) is 0 Å². The van der Waals surface area contributed by atoms with Crippen molar-refractivity contribution in [3.05, 3.63) is 35.9 Å². The van der Waals surface area contributed by atoms with Crippen molar-refractivity contribution in [1.29, 1.82) is 0 Å². The molecule has 3 rings (SSSR count). The zero-order valence-corrected chi connectivity index (χ0v) is 10.2. The molecule has 2 atom stereocenters. The van der Waals surface area contributed by atoms with Gasteiger partial charge in [-0.1, -0.05) is 30.3 Å². The van der Waals surface area contributed by atoms with E-state index in [1.54, 1.807) is 0 Å². The van der Waals surface area contributed by atoms with Crippen LogP contribution in [0.15, 0.2) is 30.3 Å². The van der Waals surface area contributed by atoms with Crippen LogP contribution in [-0.2, 0) is 11.2 Å². The maximum Gasteiger partial charge on any atom is 0.280 e. The molecule has 0 N–H and O–H groups in total. The smallest absolute Gasteiger partial charge is 0.280 e. The summed E-state index contributed by atoms with van der Waals surface area (Å²) < 4.78 is 31.9. The minimum Gasteiger partial charge on any atom is -0.353 e. The van der Waals surface area contributed by atoms with Crippen LogP contribution in [0.1, 0.15) is 18.4 Å². The Kier molecular flexibility index (Phi) is 3.08. The molecular weight excluding hydrogens is 236 g/mol. The van der Waals surface area contributed by atoms with Gasteiger partial charge >= 0.3 is 0 Å². The molecule has 2 saturated heterocycles. The molecule has 0 amide bonds. The summed E-state index contributed by atoms with van der Waals surface area (Å²) in [6, 6.07) is 10.1. The van der Waals surface area contributed by atoms with Gasteiger partial charge in [0, 0.05) is 12.6 Å². The molecule has 0 aliphatic carbocycles. The molecule has 0 spiro atoms. The standard InChI is InChI=1S/C14H17F2NO/c15-13(16)14-7-4-8-17(14)12(10-18-14)9-11-5-2-1-3-6-11/h1-3,5-6,12-13H,4,7-10H2/t12-,14?/m1/s1. The summed E-state index contributed by atoms with van der Waals surface area (Å²) in [6.45, 7) is 1.14. The molecule has 2 aliphatic rings. The first-order valence-corrected chi connectivity index (χ1v) is 6.45. The number of benzene rings is 1. The highest BCUT2D eigenvalue weighted by atomic mass is 19.3. The lowest BCUT2D eigenvalue weighted by atomic mass is 10.1. The average Bonchev–Trinajstić information content (AvgIpc) is 2.92. The van der Waals surface area contributed by atoms with Crippen molar-refractivity contribution in [2.75, 3.05) is 13.2 Å². The minimum atomic E-state index is -2.42. The number of hydrogen-bond acceptors (Lipinski definition) is 2. The Hall–Kier alpha value is -1.00. The SMILES string of the molecule is FC(F)C12CCCN1[C@H](Cc1ccccc1)CO2. The molecule has 2 heterocycles. The van der Waals surface area contributed by atoms with Gasteiger partial charge in [0.05, 0.1) is 6.61 Å². The molecule has 2 nitrogen and oxygen atoms in total. The zero-order valence-electron chi connectivity index (χ0n) is 10.2. The van der Waals surface area contributed by atoms with Crippen LogP contribution in [0.5, 0.6) is 0 Å². The third-order valence-corrected chi connectivity index (χ3v) is 4.04. The Labute approximate surface area is 106 Å². The molecule has 1 aromatic carbocycles. The van der Waals surface area contributed by atoms with Gasteiger partial charge in [0.25, 0.3) is 6.43 Å². The number of hydrogen-bond donors (Lipinski definition) is 0. The van der Waals surface area contributed by atoms with E-state index in [2.05, 4.69) is 0 Å². The number of halogens is 2. The number of ether oxygens (including phenoxy) is 1. The van der Waals surface area contributed by atoms with Crippen LogP contribution in [-0.4, -0.2) is 36.2 Å². The monoisotopic (exact) mass is 253 g/mol. The van der Waals surface area contributed by atoms with E-state index < -0.39 is 12.2 Å². The second kappa shape index (κ2) is 4.59. The second-order valence-corrected chi connectivity index (χ2v) is 5.10. The van der Waals surface area contributed by atoms with Crippen molar-refractivity contribution in [3.8, 4) is 0 Å². The maximum atomic E-state index is 13.2. The molecule has 1 aromatic rings. The Balaban J connectivity index is 1.76. The highest BCUT2D eigenvalue weighted by Gasteiger charge is 2.56. The Morgan fingerprint density at radius 2 is 2.11 bits per heavy atom. The van der Waals surface area contributed by atoms with Crippen molar-refractivity contribution in [3.63, 3.8) is 0 Å². The fourth-order valence-electron chi connectivity index (χ4n) is 3.17. The molecule has 2 fully saturated rings. The first-order valence-electron chi connectivity index (χ1n) is 6.45. The highest BCUT2D eigenvalue weighted by molar-refractivity contribution is 5.17. The third kappa shape index (κ3) is 1.84. The van der Waals surface area contributed by atoms with Gasteiger partial charge in [0.15, 0.2) is 5.72 Å². The van der Waals surface area contributed by atoms with Crippen molar-refractivity contribution < 1.29 is 13.5 Å². The highest BCUT2D eigenvalue weighted by Crippen LogP contribution is 2.42. The first kappa shape index (κ1) is 12.1. The Morgan fingerprint density at radius 3 is 2.83 bits per heavy atom. The quantitative estimate of drug-likeness (QED) is 0.821. The van der Waals surface area contributed by atoms with Crippen molar-refractivity contribution in [1.82, 2.24) is 4.90 Å². The van der Waals surface area contributed by atoms with E-state index in [-0.39, 0.29) is 6.04 Å². The van der Waals surface area contributed by atoms with Gasteiger partial charge in [-0.3, -0.25) is 4.90 Å². The predicted octanol–water partition coefficient (Wildman–Crippen LogP) is 2.69. The molecule has 1 unspecified atom stereocenters. The van der Waals surface area contributed by atoms with Gasteiger partial charge in [0.2, 0.25) is 0 Å². The van der Waals surface area contributed by atoms with Crippen LogP contribution in [0.3, 0.4) is 0 Å². The van der Waals surface area contributed by atoms with E-state index >= 15 is 0 Å². The van der Waals surface area contributed by atoms with E-state index in [0.29, 0.717) is 13.0 Å². The van der Waals surface area contributed by atoms with Crippen LogP contribution in [0.4, 0.5) is 8.78 Å². The van der Waals surface area contributed by atoms with Crippen molar-refractivity contribution >= 4 is 0 Å². The molecule has 18 heavy (non-hydrogen) atoms. The van der Waals surface area contributed by atoms with Crippen LogP contribution >= 0.6 is 0 Å². The number of rotatable bonds is 3.